The summed E-state index contributed by atoms with van der Waals surface area (Å²) in [5.41, 5.74) is 1.80. The first-order valence-electron chi connectivity index (χ1n) is 6.89. The first-order valence-corrected chi connectivity index (χ1v) is 6.89. The Bertz CT molecular complexity index is 708. The Kier molecular flexibility index (Phi) is 3.67. The van der Waals surface area contributed by atoms with Gasteiger partial charge in [0.1, 0.15) is 11.6 Å². The summed E-state index contributed by atoms with van der Waals surface area (Å²) in [7, 11) is 0. The van der Waals surface area contributed by atoms with Gasteiger partial charge in [0.25, 0.3) is 0 Å². The van der Waals surface area contributed by atoms with Crippen LogP contribution in [0.1, 0.15) is 23.7 Å². The lowest BCUT2D eigenvalue weighted by molar-refractivity contribution is 0.613. The zero-order chi connectivity index (χ0) is 15.6. The van der Waals surface area contributed by atoms with Crippen molar-refractivity contribution in [3.63, 3.8) is 0 Å². The van der Waals surface area contributed by atoms with Gasteiger partial charge in [-0.25, -0.2) is 8.78 Å². The maximum Gasteiger partial charge on any atom is 0.123 e. The van der Waals surface area contributed by atoms with Crippen molar-refractivity contribution in [2.75, 3.05) is 0 Å². The lowest BCUT2D eigenvalue weighted by Crippen LogP contribution is -2.26. The van der Waals surface area contributed by atoms with Gasteiger partial charge in [-0.15, -0.1) is 0 Å². The minimum absolute atomic E-state index is 0.302. The second-order valence-corrected chi connectivity index (χ2v) is 5.23. The topological polar surface area (TPSA) is 25.8 Å². The predicted molar refractivity (Wildman–Crippen MR) is 80.4 cm³/mol. The van der Waals surface area contributed by atoms with E-state index in [2.05, 4.69) is 9.97 Å². The van der Waals surface area contributed by atoms with Gasteiger partial charge in [0.2, 0.25) is 0 Å². The maximum absolute atomic E-state index is 13.3. The van der Waals surface area contributed by atoms with Crippen molar-refractivity contribution < 1.29 is 8.78 Å². The Balaban J connectivity index is 2.22. The Hall–Kier alpha value is -2.62. The van der Waals surface area contributed by atoms with Crippen molar-refractivity contribution in [3.05, 3.63) is 95.6 Å². The fourth-order valence-electron chi connectivity index (χ4n) is 2.59. The molecule has 2 nitrogen and oxygen atoms in total. The van der Waals surface area contributed by atoms with E-state index in [-0.39, 0.29) is 11.6 Å². The fraction of sp³-hybridized carbons (Fsp3) is 0.111. The first kappa shape index (κ1) is 14.3. The van der Waals surface area contributed by atoms with Crippen molar-refractivity contribution in [1.29, 1.82) is 0 Å². The van der Waals surface area contributed by atoms with Gasteiger partial charge in [0.05, 0.1) is 11.1 Å². The van der Waals surface area contributed by atoms with Crippen molar-refractivity contribution in [2.45, 2.75) is 12.3 Å². The molecule has 0 bridgehead atoms. The molecule has 3 rings (SSSR count). The van der Waals surface area contributed by atoms with Gasteiger partial charge >= 0.3 is 0 Å². The van der Waals surface area contributed by atoms with Crippen LogP contribution in [0.15, 0.2) is 67.1 Å². The van der Waals surface area contributed by atoms with Gasteiger partial charge in [0.15, 0.2) is 0 Å². The van der Waals surface area contributed by atoms with Crippen LogP contribution in [0.3, 0.4) is 0 Å². The van der Waals surface area contributed by atoms with Gasteiger partial charge in [-0.3, -0.25) is 9.97 Å². The molecule has 0 aliphatic carbocycles. The fourth-order valence-corrected chi connectivity index (χ4v) is 2.59. The van der Waals surface area contributed by atoms with Crippen molar-refractivity contribution in [1.82, 2.24) is 9.97 Å². The lowest BCUT2D eigenvalue weighted by Gasteiger charge is -2.30. The molecule has 2 aromatic carbocycles. The highest BCUT2D eigenvalue weighted by Crippen LogP contribution is 2.37. The number of halogens is 2. The van der Waals surface area contributed by atoms with Crippen LogP contribution in [0, 0.1) is 11.6 Å². The smallest absolute Gasteiger partial charge is 0.123 e. The number of hydrogen-bond acceptors (Lipinski definition) is 2. The van der Waals surface area contributed by atoms with Crippen LogP contribution in [-0.2, 0) is 5.41 Å². The molecule has 110 valence electrons. The monoisotopic (exact) mass is 296 g/mol. The largest absolute Gasteiger partial charge is 0.261 e. The third-order valence-electron chi connectivity index (χ3n) is 3.92. The second kappa shape index (κ2) is 5.64. The van der Waals surface area contributed by atoms with Crippen LogP contribution in [0.4, 0.5) is 8.78 Å². The number of rotatable bonds is 3. The molecule has 0 amide bonds. The molecule has 0 N–H and O–H groups in total. The maximum atomic E-state index is 13.3. The van der Waals surface area contributed by atoms with E-state index >= 15 is 0 Å². The second-order valence-electron chi connectivity index (χ2n) is 5.23. The van der Waals surface area contributed by atoms with Gasteiger partial charge in [-0.2, -0.15) is 0 Å². The van der Waals surface area contributed by atoms with E-state index in [1.807, 2.05) is 6.92 Å². The minimum Gasteiger partial charge on any atom is -0.261 e. The molecule has 0 saturated heterocycles. The Labute approximate surface area is 127 Å². The quantitative estimate of drug-likeness (QED) is 0.727. The molecule has 22 heavy (non-hydrogen) atoms. The van der Waals surface area contributed by atoms with Crippen molar-refractivity contribution in [3.8, 4) is 0 Å². The van der Waals surface area contributed by atoms with Crippen molar-refractivity contribution in [2.24, 2.45) is 0 Å². The normalized spacial score (nSPS) is 11.4. The van der Waals surface area contributed by atoms with Crippen LogP contribution >= 0.6 is 0 Å². The van der Waals surface area contributed by atoms with Gasteiger partial charge in [0, 0.05) is 18.6 Å². The van der Waals surface area contributed by atoms with E-state index in [9.17, 15) is 8.78 Å². The standard InChI is InChI=1S/C18H14F2N2/c1-18(17-12-21-10-11-22-17,13-2-6-15(19)7-3-13)14-4-8-16(20)9-5-14/h2-12H,1H3. The Morgan fingerprint density at radius 3 is 1.68 bits per heavy atom. The third-order valence-corrected chi connectivity index (χ3v) is 3.92. The summed E-state index contributed by atoms with van der Waals surface area (Å²) >= 11 is 0. The summed E-state index contributed by atoms with van der Waals surface area (Å²) in [5, 5.41) is 0. The van der Waals surface area contributed by atoms with E-state index < -0.39 is 5.41 Å². The summed E-state index contributed by atoms with van der Waals surface area (Å²) in [5.74, 6) is -0.603. The molecule has 0 aliphatic rings. The highest BCUT2D eigenvalue weighted by atomic mass is 19.1. The molecule has 0 saturated carbocycles. The van der Waals surface area contributed by atoms with Crippen LogP contribution in [0.5, 0.6) is 0 Å². The Morgan fingerprint density at radius 2 is 1.27 bits per heavy atom. The van der Waals surface area contributed by atoms with Crippen molar-refractivity contribution >= 4 is 0 Å². The van der Waals surface area contributed by atoms with Crippen LogP contribution in [-0.4, -0.2) is 9.97 Å². The molecule has 0 fully saturated rings. The summed E-state index contributed by atoms with van der Waals surface area (Å²) in [6.45, 7) is 1.97. The molecule has 0 atom stereocenters. The number of benzene rings is 2. The number of aromatic nitrogens is 2. The van der Waals surface area contributed by atoms with E-state index in [1.165, 1.54) is 24.3 Å². The molecule has 0 spiro atoms. The molecule has 3 aromatic rings. The highest BCUT2D eigenvalue weighted by molar-refractivity contribution is 5.46. The SMILES string of the molecule is CC(c1ccc(F)cc1)(c1ccc(F)cc1)c1cnccn1. The highest BCUT2D eigenvalue weighted by Gasteiger charge is 2.32. The summed E-state index contributed by atoms with van der Waals surface area (Å²) < 4.78 is 26.5. The van der Waals surface area contributed by atoms with Crippen LogP contribution in [0.2, 0.25) is 0 Å². The predicted octanol–water partition coefficient (Wildman–Crippen LogP) is 4.11. The average Bonchev–Trinajstić information content (AvgIpc) is 2.56. The summed E-state index contributed by atoms with van der Waals surface area (Å²) in [4.78, 5) is 8.52. The molecule has 0 aliphatic heterocycles. The number of nitrogens with zero attached hydrogens (tertiary/aromatic N) is 2. The third kappa shape index (κ3) is 2.48. The van der Waals surface area contributed by atoms with E-state index in [0.717, 1.165) is 11.1 Å². The van der Waals surface area contributed by atoms with E-state index in [1.54, 1.807) is 42.9 Å². The molecule has 0 unspecified atom stereocenters. The van der Waals surface area contributed by atoms with Crippen LogP contribution < -0.4 is 0 Å². The molecule has 4 heteroatoms. The average molecular weight is 296 g/mol. The summed E-state index contributed by atoms with van der Waals surface area (Å²) in [6, 6.07) is 12.5. The lowest BCUT2D eigenvalue weighted by atomic mass is 9.74. The first-order chi connectivity index (χ1) is 10.6. The van der Waals surface area contributed by atoms with Gasteiger partial charge < -0.3 is 0 Å². The molecule has 0 radical (unpaired) electrons. The van der Waals surface area contributed by atoms with E-state index in [0.29, 0.717) is 5.69 Å². The van der Waals surface area contributed by atoms with Gasteiger partial charge in [-0.1, -0.05) is 24.3 Å². The molecular formula is C18H14F2N2. The zero-order valence-corrected chi connectivity index (χ0v) is 12.0. The van der Waals surface area contributed by atoms with Gasteiger partial charge in [-0.05, 0) is 42.3 Å². The summed E-state index contributed by atoms with van der Waals surface area (Å²) in [6.07, 6.45) is 4.88. The zero-order valence-electron chi connectivity index (χ0n) is 12.0. The van der Waals surface area contributed by atoms with Crippen LogP contribution in [0.25, 0.3) is 0 Å². The number of hydrogen-bond donors (Lipinski definition) is 0. The van der Waals surface area contributed by atoms with E-state index in [4.69, 9.17) is 0 Å². The minimum atomic E-state index is -0.643. The Morgan fingerprint density at radius 1 is 0.773 bits per heavy atom. The molecule has 1 aromatic heterocycles. The molecule has 1 heterocycles. The molecular weight excluding hydrogens is 282 g/mol.